The van der Waals surface area contributed by atoms with E-state index in [-0.39, 0.29) is 0 Å². The Morgan fingerprint density at radius 2 is 2.13 bits per heavy atom. The predicted molar refractivity (Wildman–Crippen MR) is 93.8 cm³/mol. The Kier molecular flexibility index (Phi) is 6.15. The van der Waals surface area contributed by atoms with E-state index in [1.54, 1.807) is 25.1 Å². The standard InChI is InChI=1S/C17H18N4OS/c1-12-8-14(11-22-2)16(9-18)17(20-12)21-19-10-13-4-6-15(23-3)7-5-13/h4-8,10H,11H2,1-3H3,(H,20,21)/b19-10+. The lowest BCUT2D eigenvalue weighted by atomic mass is 10.1. The molecule has 1 N–H and O–H groups in total. The van der Waals surface area contributed by atoms with E-state index in [1.807, 2.05) is 43.5 Å². The van der Waals surface area contributed by atoms with E-state index >= 15 is 0 Å². The number of pyridine rings is 1. The van der Waals surface area contributed by atoms with Crippen molar-refractivity contribution in [2.75, 3.05) is 18.8 Å². The number of anilines is 1. The van der Waals surface area contributed by atoms with Gasteiger partial charge in [0, 0.05) is 23.3 Å². The van der Waals surface area contributed by atoms with Gasteiger partial charge in [-0.2, -0.15) is 10.4 Å². The van der Waals surface area contributed by atoms with Crippen LogP contribution in [0.5, 0.6) is 0 Å². The molecule has 23 heavy (non-hydrogen) atoms. The molecule has 118 valence electrons. The maximum absolute atomic E-state index is 9.35. The second-order valence-electron chi connectivity index (χ2n) is 4.83. The molecule has 5 nitrogen and oxygen atoms in total. The molecule has 0 aliphatic rings. The van der Waals surface area contributed by atoms with Gasteiger partial charge >= 0.3 is 0 Å². The van der Waals surface area contributed by atoms with Crippen LogP contribution in [0.3, 0.4) is 0 Å². The van der Waals surface area contributed by atoms with Gasteiger partial charge in [-0.15, -0.1) is 11.8 Å². The molecular weight excluding hydrogens is 308 g/mol. The number of nitrogens with one attached hydrogen (secondary N) is 1. The largest absolute Gasteiger partial charge is 0.380 e. The van der Waals surface area contributed by atoms with Crippen LogP contribution in [0.4, 0.5) is 5.82 Å². The van der Waals surface area contributed by atoms with Gasteiger partial charge in [0.2, 0.25) is 0 Å². The molecule has 0 saturated heterocycles. The number of aromatic nitrogens is 1. The number of hydrogen-bond donors (Lipinski definition) is 1. The van der Waals surface area contributed by atoms with Gasteiger partial charge in [0.1, 0.15) is 11.6 Å². The van der Waals surface area contributed by atoms with Gasteiger partial charge < -0.3 is 4.74 Å². The highest BCUT2D eigenvalue weighted by molar-refractivity contribution is 7.98. The summed E-state index contributed by atoms with van der Waals surface area (Å²) < 4.78 is 5.13. The molecule has 1 aromatic carbocycles. The molecule has 1 aromatic heterocycles. The monoisotopic (exact) mass is 326 g/mol. The van der Waals surface area contributed by atoms with Gasteiger partial charge in [0.15, 0.2) is 5.82 Å². The molecule has 6 heteroatoms. The fraction of sp³-hybridized carbons (Fsp3) is 0.235. The average Bonchev–Trinajstić information content (AvgIpc) is 2.55. The summed E-state index contributed by atoms with van der Waals surface area (Å²) in [6.07, 6.45) is 3.74. The van der Waals surface area contributed by atoms with Crippen LogP contribution in [0, 0.1) is 18.3 Å². The zero-order valence-corrected chi connectivity index (χ0v) is 14.1. The molecule has 1 heterocycles. The Balaban J connectivity index is 2.18. The number of aryl methyl sites for hydroxylation is 1. The third kappa shape index (κ3) is 4.55. The fourth-order valence-electron chi connectivity index (χ4n) is 2.07. The number of methoxy groups -OCH3 is 1. The molecule has 2 aromatic rings. The van der Waals surface area contributed by atoms with E-state index in [9.17, 15) is 5.26 Å². The van der Waals surface area contributed by atoms with E-state index in [4.69, 9.17) is 4.74 Å². The first-order valence-electron chi connectivity index (χ1n) is 7.00. The second-order valence-corrected chi connectivity index (χ2v) is 5.71. The molecule has 0 atom stereocenters. The summed E-state index contributed by atoms with van der Waals surface area (Å²) in [5, 5.41) is 13.5. The lowest BCUT2D eigenvalue weighted by Crippen LogP contribution is -2.03. The summed E-state index contributed by atoms with van der Waals surface area (Å²) in [4.78, 5) is 5.54. The van der Waals surface area contributed by atoms with Gasteiger partial charge in [0.05, 0.1) is 12.8 Å². The Morgan fingerprint density at radius 3 is 2.74 bits per heavy atom. The number of hydrogen-bond acceptors (Lipinski definition) is 6. The van der Waals surface area contributed by atoms with Crippen LogP contribution >= 0.6 is 11.8 Å². The number of rotatable bonds is 6. The first kappa shape index (κ1) is 17.0. The molecule has 0 aliphatic heterocycles. The summed E-state index contributed by atoms with van der Waals surface area (Å²) in [7, 11) is 1.60. The first-order valence-corrected chi connectivity index (χ1v) is 8.23. The van der Waals surface area contributed by atoms with Crippen molar-refractivity contribution in [3.8, 4) is 6.07 Å². The van der Waals surface area contributed by atoms with Gasteiger partial charge in [-0.1, -0.05) is 12.1 Å². The topological polar surface area (TPSA) is 70.3 Å². The third-order valence-electron chi connectivity index (χ3n) is 3.14. The summed E-state index contributed by atoms with van der Waals surface area (Å²) in [5.41, 5.74) is 5.88. The number of hydrazone groups is 1. The van der Waals surface area contributed by atoms with Crippen molar-refractivity contribution >= 4 is 23.8 Å². The second kappa shape index (κ2) is 8.32. The first-order chi connectivity index (χ1) is 11.2. The quantitative estimate of drug-likeness (QED) is 0.499. The predicted octanol–water partition coefficient (Wildman–Crippen LogP) is 3.58. The van der Waals surface area contributed by atoms with Crippen LogP contribution in [0.25, 0.3) is 0 Å². The van der Waals surface area contributed by atoms with Crippen LogP contribution in [0.2, 0.25) is 0 Å². The van der Waals surface area contributed by atoms with E-state index in [0.717, 1.165) is 16.8 Å². The van der Waals surface area contributed by atoms with Gasteiger partial charge in [-0.25, -0.2) is 4.98 Å². The van der Waals surface area contributed by atoms with Crippen molar-refractivity contribution in [1.82, 2.24) is 4.98 Å². The molecule has 0 radical (unpaired) electrons. The molecule has 0 aliphatic carbocycles. The van der Waals surface area contributed by atoms with Crippen LogP contribution in [0.1, 0.15) is 22.4 Å². The molecule has 0 saturated carbocycles. The number of ether oxygens (including phenoxy) is 1. The van der Waals surface area contributed by atoms with E-state index in [1.165, 1.54) is 4.90 Å². The zero-order chi connectivity index (χ0) is 16.7. The fourth-order valence-corrected chi connectivity index (χ4v) is 2.48. The van der Waals surface area contributed by atoms with Crippen LogP contribution in [0.15, 0.2) is 40.3 Å². The zero-order valence-electron chi connectivity index (χ0n) is 13.3. The van der Waals surface area contributed by atoms with Crippen molar-refractivity contribution < 1.29 is 4.74 Å². The van der Waals surface area contributed by atoms with Gasteiger partial charge in [-0.05, 0) is 36.9 Å². The normalized spacial score (nSPS) is 10.7. The van der Waals surface area contributed by atoms with Gasteiger partial charge in [0.25, 0.3) is 0 Å². The van der Waals surface area contributed by atoms with E-state index in [0.29, 0.717) is 18.0 Å². The summed E-state index contributed by atoms with van der Waals surface area (Å²) >= 11 is 1.69. The Hall–Kier alpha value is -2.36. The van der Waals surface area contributed by atoms with Crippen molar-refractivity contribution in [2.24, 2.45) is 5.10 Å². The Bertz CT molecular complexity index is 735. The SMILES string of the molecule is COCc1cc(C)nc(N/N=C/c2ccc(SC)cc2)c1C#N. The molecule has 0 bridgehead atoms. The van der Waals surface area contributed by atoms with Crippen LogP contribution < -0.4 is 5.43 Å². The number of benzene rings is 1. The van der Waals surface area contributed by atoms with Crippen molar-refractivity contribution in [2.45, 2.75) is 18.4 Å². The van der Waals surface area contributed by atoms with E-state index in [2.05, 4.69) is 21.6 Å². The number of thioether (sulfide) groups is 1. The van der Waals surface area contributed by atoms with Crippen LogP contribution in [-0.2, 0) is 11.3 Å². The molecule has 0 fully saturated rings. The third-order valence-corrected chi connectivity index (χ3v) is 3.88. The van der Waals surface area contributed by atoms with Crippen molar-refractivity contribution in [3.05, 3.63) is 52.7 Å². The lowest BCUT2D eigenvalue weighted by Gasteiger charge is -2.09. The summed E-state index contributed by atoms with van der Waals surface area (Å²) in [6.45, 7) is 2.23. The summed E-state index contributed by atoms with van der Waals surface area (Å²) in [6, 6.07) is 12.1. The molecule has 0 spiro atoms. The number of nitrogens with zero attached hydrogens (tertiary/aromatic N) is 3. The highest BCUT2D eigenvalue weighted by Gasteiger charge is 2.10. The average molecular weight is 326 g/mol. The maximum Gasteiger partial charge on any atom is 0.164 e. The lowest BCUT2D eigenvalue weighted by molar-refractivity contribution is 0.184. The minimum atomic E-state index is 0.362. The minimum absolute atomic E-state index is 0.362. The highest BCUT2D eigenvalue weighted by atomic mass is 32.2. The maximum atomic E-state index is 9.35. The molecule has 0 amide bonds. The smallest absolute Gasteiger partial charge is 0.164 e. The minimum Gasteiger partial charge on any atom is -0.380 e. The Labute approximate surface area is 140 Å². The van der Waals surface area contributed by atoms with Crippen LogP contribution in [-0.4, -0.2) is 24.6 Å². The van der Waals surface area contributed by atoms with E-state index < -0.39 is 0 Å². The highest BCUT2D eigenvalue weighted by Crippen LogP contribution is 2.19. The van der Waals surface area contributed by atoms with Crippen molar-refractivity contribution in [3.63, 3.8) is 0 Å². The Morgan fingerprint density at radius 1 is 1.39 bits per heavy atom. The van der Waals surface area contributed by atoms with Crippen molar-refractivity contribution in [1.29, 1.82) is 5.26 Å². The molecular formula is C17H18N4OS. The molecule has 0 unspecified atom stereocenters. The molecule has 2 rings (SSSR count). The summed E-state index contributed by atoms with van der Waals surface area (Å²) in [5.74, 6) is 0.441. The van der Waals surface area contributed by atoms with Gasteiger partial charge in [-0.3, -0.25) is 5.43 Å². The number of nitriles is 1.